The molecule has 1 fully saturated rings. The minimum atomic E-state index is -3.40. The molecular formula is C18H27IN6O3S. The van der Waals surface area contributed by atoms with Crippen molar-refractivity contribution in [1.82, 2.24) is 24.7 Å². The minimum absolute atomic E-state index is 0. The second kappa shape index (κ2) is 10.9. The number of guanidine groups is 1. The van der Waals surface area contributed by atoms with Crippen LogP contribution in [0.25, 0.3) is 0 Å². The third kappa shape index (κ3) is 6.64. The van der Waals surface area contributed by atoms with E-state index in [-0.39, 0.29) is 29.7 Å². The summed E-state index contributed by atoms with van der Waals surface area (Å²) in [5, 5.41) is 7.04. The van der Waals surface area contributed by atoms with Crippen LogP contribution in [0.3, 0.4) is 0 Å². The van der Waals surface area contributed by atoms with Gasteiger partial charge >= 0.3 is 0 Å². The van der Waals surface area contributed by atoms with Crippen LogP contribution in [0.4, 0.5) is 0 Å². The summed E-state index contributed by atoms with van der Waals surface area (Å²) in [6, 6.07) is 5.65. The lowest BCUT2D eigenvalue weighted by molar-refractivity contribution is 0.260. The highest BCUT2D eigenvalue weighted by atomic mass is 127. The number of hydrogen-bond acceptors (Lipinski definition) is 6. The normalized spacial score (nSPS) is 15.8. The first-order valence-corrected chi connectivity index (χ1v) is 10.8. The average Bonchev–Trinajstić information content (AvgIpc) is 3.19. The van der Waals surface area contributed by atoms with E-state index in [4.69, 9.17) is 4.52 Å². The molecule has 1 saturated heterocycles. The van der Waals surface area contributed by atoms with Gasteiger partial charge in [0.05, 0.1) is 5.69 Å². The third-order valence-corrected chi connectivity index (χ3v) is 6.45. The quantitative estimate of drug-likeness (QED) is 0.338. The fraction of sp³-hybridized carbons (Fsp3) is 0.500. The molecule has 0 aromatic carbocycles. The number of nitrogens with zero attached hydrogens (tertiary/aromatic N) is 5. The highest BCUT2D eigenvalue weighted by Crippen LogP contribution is 2.13. The van der Waals surface area contributed by atoms with Crippen LogP contribution in [0.2, 0.25) is 0 Å². The van der Waals surface area contributed by atoms with E-state index < -0.39 is 10.0 Å². The molecule has 0 bridgehead atoms. The van der Waals surface area contributed by atoms with Crippen molar-refractivity contribution in [2.75, 3.05) is 39.8 Å². The van der Waals surface area contributed by atoms with Crippen LogP contribution < -0.4 is 5.32 Å². The maximum atomic E-state index is 12.5. The second-order valence-electron chi connectivity index (χ2n) is 6.66. The number of sulfonamides is 1. The second-order valence-corrected chi connectivity index (χ2v) is 8.63. The molecule has 0 unspecified atom stereocenters. The molecule has 0 amide bonds. The van der Waals surface area contributed by atoms with Gasteiger partial charge in [0.25, 0.3) is 0 Å². The van der Waals surface area contributed by atoms with Crippen molar-refractivity contribution in [1.29, 1.82) is 0 Å². The lowest BCUT2D eigenvalue weighted by Gasteiger charge is -2.35. The Morgan fingerprint density at radius 2 is 2.00 bits per heavy atom. The van der Waals surface area contributed by atoms with Crippen molar-refractivity contribution < 1.29 is 12.9 Å². The van der Waals surface area contributed by atoms with Gasteiger partial charge < -0.3 is 14.7 Å². The largest absolute Gasteiger partial charge is 0.364 e. The zero-order valence-corrected chi connectivity index (χ0v) is 19.8. The first-order valence-electron chi connectivity index (χ1n) is 9.22. The summed E-state index contributed by atoms with van der Waals surface area (Å²) < 4.78 is 31.3. The Bertz CT molecular complexity index is 879. The standard InChI is InChI=1S/C18H26N6O3S.HI/c1-15-3-4-16(13-21-15)5-7-20-18(19-2)23-8-10-24(11-9-23)28(25,26)14-17-6-12-27-22-17;/h3-4,6,12-13H,5,7-11,14H2,1-2H3,(H,19,20);1H. The molecule has 0 spiro atoms. The molecule has 0 saturated carbocycles. The van der Waals surface area contributed by atoms with Gasteiger partial charge in [0.15, 0.2) is 5.96 Å². The zero-order chi connectivity index (χ0) is 20.0. The SMILES string of the molecule is CN=C(NCCc1ccc(C)nc1)N1CCN(S(=O)(=O)Cc2ccon2)CC1.I. The Kier molecular flexibility index (Phi) is 8.83. The van der Waals surface area contributed by atoms with Gasteiger partial charge in [0.1, 0.15) is 12.0 Å². The van der Waals surface area contributed by atoms with Crippen molar-refractivity contribution in [3.05, 3.63) is 47.6 Å². The number of pyridine rings is 1. The Balaban J connectivity index is 0.00000300. The smallest absolute Gasteiger partial charge is 0.220 e. The van der Waals surface area contributed by atoms with Crippen LogP contribution in [0.15, 0.2) is 40.2 Å². The van der Waals surface area contributed by atoms with E-state index >= 15 is 0 Å². The third-order valence-electron chi connectivity index (χ3n) is 4.63. The molecule has 0 radical (unpaired) electrons. The van der Waals surface area contributed by atoms with Crippen molar-refractivity contribution >= 4 is 40.0 Å². The van der Waals surface area contributed by atoms with E-state index in [1.165, 1.54) is 10.6 Å². The molecule has 1 N–H and O–H groups in total. The number of hydrogen-bond donors (Lipinski definition) is 1. The van der Waals surface area contributed by atoms with Crippen molar-refractivity contribution in [2.45, 2.75) is 19.1 Å². The topological polar surface area (TPSA) is 104 Å². The predicted octanol–water partition coefficient (Wildman–Crippen LogP) is 1.26. The monoisotopic (exact) mass is 534 g/mol. The molecule has 9 nitrogen and oxygen atoms in total. The van der Waals surface area contributed by atoms with Crippen LogP contribution in [-0.2, 0) is 22.2 Å². The molecule has 2 aromatic heterocycles. The summed E-state index contributed by atoms with van der Waals surface area (Å²) in [7, 11) is -1.66. The molecular weight excluding hydrogens is 507 g/mol. The van der Waals surface area contributed by atoms with E-state index in [9.17, 15) is 8.42 Å². The first-order chi connectivity index (χ1) is 13.5. The Hall–Kier alpha value is -1.73. The van der Waals surface area contributed by atoms with E-state index in [1.807, 2.05) is 19.2 Å². The highest BCUT2D eigenvalue weighted by Gasteiger charge is 2.28. The zero-order valence-electron chi connectivity index (χ0n) is 16.6. The van der Waals surface area contributed by atoms with Gasteiger partial charge in [-0.05, 0) is 25.0 Å². The number of piperazine rings is 1. The molecule has 3 heterocycles. The summed E-state index contributed by atoms with van der Waals surface area (Å²) in [5.41, 5.74) is 2.59. The lowest BCUT2D eigenvalue weighted by atomic mass is 10.2. The number of halogens is 1. The predicted molar refractivity (Wildman–Crippen MR) is 122 cm³/mol. The number of aliphatic imine (C=N–C) groups is 1. The van der Waals surface area contributed by atoms with Crippen LogP contribution in [0.1, 0.15) is 17.0 Å². The van der Waals surface area contributed by atoms with Gasteiger partial charge in [-0.2, -0.15) is 4.31 Å². The molecule has 1 aliphatic heterocycles. The van der Waals surface area contributed by atoms with Crippen LogP contribution in [0, 0.1) is 6.92 Å². The van der Waals surface area contributed by atoms with Gasteiger partial charge in [-0.3, -0.25) is 9.98 Å². The number of aryl methyl sites for hydroxylation is 1. The molecule has 3 rings (SSSR count). The molecule has 160 valence electrons. The maximum Gasteiger partial charge on any atom is 0.220 e. The van der Waals surface area contributed by atoms with Gasteiger partial charge in [-0.25, -0.2) is 8.42 Å². The molecule has 11 heteroatoms. The lowest BCUT2D eigenvalue weighted by Crippen LogP contribution is -2.54. The van der Waals surface area contributed by atoms with Gasteiger partial charge in [-0.1, -0.05) is 11.2 Å². The highest BCUT2D eigenvalue weighted by molar-refractivity contribution is 14.0. The molecule has 0 atom stereocenters. The Labute approximate surface area is 188 Å². The van der Waals surface area contributed by atoms with E-state index in [2.05, 4.69) is 31.4 Å². The van der Waals surface area contributed by atoms with Crippen LogP contribution in [0.5, 0.6) is 0 Å². The fourth-order valence-electron chi connectivity index (χ4n) is 3.07. The summed E-state index contributed by atoms with van der Waals surface area (Å²) in [6.07, 6.45) is 4.11. The average molecular weight is 534 g/mol. The number of rotatable bonds is 6. The van der Waals surface area contributed by atoms with Crippen molar-refractivity contribution in [3.63, 3.8) is 0 Å². The maximum absolute atomic E-state index is 12.5. The van der Waals surface area contributed by atoms with Gasteiger partial charge in [0.2, 0.25) is 10.0 Å². The van der Waals surface area contributed by atoms with Crippen molar-refractivity contribution in [3.8, 4) is 0 Å². The summed E-state index contributed by atoms with van der Waals surface area (Å²) in [4.78, 5) is 10.7. The first kappa shape index (κ1) is 23.5. The van der Waals surface area contributed by atoms with E-state index in [1.54, 1.807) is 13.1 Å². The fourth-order valence-corrected chi connectivity index (χ4v) is 4.49. The van der Waals surface area contributed by atoms with Gasteiger partial charge in [-0.15, -0.1) is 24.0 Å². The van der Waals surface area contributed by atoms with Crippen LogP contribution in [-0.4, -0.2) is 73.5 Å². The van der Waals surface area contributed by atoms with E-state index in [0.717, 1.165) is 30.2 Å². The number of aromatic nitrogens is 2. The number of nitrogens with one attached hydrogen (secondary N) is 1. The van der Waals surface area contributed by atoms with Crippen molar-refractivity contribution in [2.24, 2.45) is 4.99 Å². The van der Waals surface area contributed by atoms with E-state index in [0.29, 0.717) is 31.9 Å². The summed E-state index contributed by atoms with van der Waals surface area (Å²) >= 11 is 0. The summed E-state index contributed by atoms with van der Waals surface area (Å²) in [5.74, 6) is 0.648. The van der Waals surface area contributed by atoms with Crippen LogP contribution >= 0.6 is 24.0 Å². The molecule has 0 aliphatic carbocycles. The molecule has 1 aliphatic rings. The van der Waals surface area contributed by atoms with Gasteiger partial charge in [0, 0.05) is 57.7 Å². The Morgan fingerprint density at radius 3 is 2.59 bits per heavy atom. The minimum Gasteiger partial charge on any atom is -0.364 e. The molecule has 29 heavy (non-hydrogen) atoms. The summed E-state index contributed by atoms with van der Waals surface area (Å²) in [6.45, 7) is 4.72. The molecule has 2 aromatic rings. The Morgan fingerprint density at radius 1 is 1.24 bits per heavy atom.